The van der Waals surface area contributed by atoms with Crippen molar-refractivity contribution >= 4 is 22.5 Å². The van der Waals surface area contributed by atoms with Crippen molar-refractivity contribution in [3.05, 3.63) is 35.0 Å². The predicted molar refractivity (Wildman–Crippen MR) is 65.2 cm³/mol. The molecule has 1 atom stereocenters. The summed E-state index contributed by atoms with van der Waals surface area (Å²) >= 11 is 6.15. The highest BCUT2D eigenvalue weighted by atomic mass is 35.5. The van der Waals surface area contributed by atoms with Crippen LogP contribution in [0.2, 0.25) is 5.02 Å². The molecule has 2 N–H and O–H groups in total. The van der Waals surface area contributed by atoms with Crippen LogP contribution in [-0.2, 0) is 6.54 Å². The van der Waals surface area contributed by atoms with Crippen LogP contribution in [0.4, 0.5) is 0 Å². The lowest BCUT2D eigenvalue weighted by molar-refractivity contribution is 0.674. The fourth-order valence-corrected chi connectivity index (χ4v) is 2.22. The number of benzene rings is 1. The third-order valence-electron chi connectivity index (χ3n) is 2.71. The molecular weight excluding hydrogens is 208 g/mol. The van der Waals surface area contributed by atoms with Crippen molar-refractivity contribution in [2.75, 3.05) is 0 Å². The molecule has 80 valence electrons. The molecule has 2 rings (SSSR count). The Morgan fingerprint density at radius 2 is 2.20 bits per heavy atom. The molecular formula is C12H15ClN2. The molecule has 2 nitrogen and oxygen atoms in total. The average Bonchev–Trinajstić information content (AvgIpc) is 2.57. The van der Waals surface area contributed by atoms with Crippen molar-refractivity contribution in [1.82, 2.24) is 4.57 Å². The van der Waals surface area contributed by atoms with E-state index in [0.29, 0.717) is 0 Å². The van der Waals surface area contributed by atoms with Crippen molar-refractivity contribution in [3.63, 3.8) is 0 Å². The van der Waals surface area contributed by atoms with E-state index in [0.717, 1.165) is 28.2 Å². The second-order valence-corrected chi connectivity index (χ2v) is 4.18. The van der Waals surface area contributed by atoms with Crippen LogP contribution in [0.25, 0.3) is 10.9 Å². The summed E-state index contributed by atoms with van der Waals surface area (Å²) in [6.07, 6.45) is 0. The van der Waals surface area contributed by atoms with Crippen LogP contribution >= 0.6 is 11.6 Å². The normalized spacial score (nSPS) is 13.3. The van der Waals surface area contributed by atoms with Gasteiger partial charge in [-0.1, -0.05) is 17.7 Å². The highest BCUT2D eigenvalue weighted by molar-refractivity contribution is 6.35. The molecule has 0 aliphatic heterocycles. The van der Waals surface area contributed by atoms with Gasteiger partial charge >= 0.3 is 0 Å². The van der Waals surface area contributed by atoms with E-state index in [2.05, 4.69) is 23.6 Å². The number of aromatic nitrogens is 1. The van der Waals surface area contributed by atoms with E-state index in [1.807, 2.05) is 19.1 Å². The first kappa shape index (κ1) is 10.5. The van der Waals surface area contributed by atoms with Gasteiger partial charge in [0.15, 0.2) is 0 Å². The summed E-state index contributed by atoms with van der Waals surface area (Å²) in [5.74, 6) is 0. The van der Waals surface area contributed by atoms with Gasteiger partial charge in [-0.25, -0.2) is 0 Å². The van der Waals surface area contributed by atoms with Crippen LogP contribution in [0.15, 0.2) is 24.3 Å². The number of aryl methyl sites for hydroxylation is 1. The summed E-state index contributed by atoms with van der Waals surface area (Å²) in [5.41, 5.74) is 8.24. The summed E-state index contributed by atoms with van der Waals surface area (Å²) in [6, 6.07) is 8.09. The van der Waals surface area contributed by atoms with Gasteiger partial charge < -0.3 is 10.3 Å². The molecule has 0 radical (unpaired) electrons. The summed E-state index contributed by atoms with van der Waals surface area (Å²) in [4.78, 5) is 0. The van der Waals surface area contributed by atoms with Crippen molar-refractivity contribution < 1.29 is 0 Å². The van der Waals surface area contributed by atoms with Crippen LogP contribution < -0.4 is 5.73 Å². The zero-order chi connectivity index (χ0) is 11.0. The quantitative estimate of drug-likeness (QED) is 0.830. The minimum absolute atomic E-state index is 0.0356. The van der Waals surface area contributed by atoms with E-state index in [1.54, 1.807) is 0 Å². The summed E-state index contributed by atoms with van der Waals surface area (Å²) in [7, 11) is 0. The molecule has 1 aromatic carbocycles. The Morgan fingerprint density at radius 1 is 1.47 bits per heavy atom. The molecule has 0 saturated carbocycles. The SMILES string of the molecule is CCn1c(C(C)N)cc2c(Cl)cccc21. The Morgan fingerprint density at radius 3 is 2.80 bits per heavy atom. The Balaban J connectivity index is 2.78. The van der Waals surface area contributed by atoms with E-state index in [9.17, 15) is 0 Å². The first-order valence-electron chi connectivity index (χ1n) is 5.18. The van der Waals surface area contributed by atoms with Crippen LogP contribution in [0.5, 0.6) is 0 Å². The number of rotatable bonds is 2. The zero-order valence-corrected chi connectivity index (χ0v) is 9.75. The smallest absolute Gasteiger partial charge is 0.0499 e. The van der Waals surface area contributed by atoms with Gasteiger partial charge in [-0.05, 0) is 32.0 Å². The van der Waals surface area contributed by atoms with Crippen LogP contribution in [0.3, 0.4) is 0 Å². The van der Waals surface area contributed by atoms with E-state index < -0.39 is 0 Å². The number of nitrogens with zero attached hydrogens (tertiary/aromatic N) is 1. The molecule has 3 heteroatoms. The van der Waals surface area contributed by atoms with Gasteiger partial charge in [-0.3, -0.25) is 0 Å². The van der Waals surface area contributed by atoms with Crippen LogP contribution in [-0.4, -0.2) is 4.57 Å². The van der Waals surface area contributed by atoms with E-state index in [1.165, 1.54) is 0 Å². The lowest BCUT2D eigenvalue weighted by Crippen LogP contribution is -2.11. The van der Waals surface area contributed by atoms with Crippen LogP contribution in [0, 0.1) is 0 Å². The minimum Gasteiger partial charge on any atom is -0.343 e. The van der Waals surface area contributed by atoms with Gasteiger partial charge in [0.2, 0.25) is 0 Å². The van der Waals surface area contributed by atoms with Gasteiger partial charge in [0.25, 0.3) is 0 Å². The topological polar surface area (TPSA) is 30.9 Å². The highest BCUT2D eigenvalue weighted by Gasteiger charge is 2.11. The van der Waals surface area contributed by atoms with E-state index in [4.69, 9.17) is 17.3 Å². The molecule has 1 unspecified atom stereocenters. The number of fused-ring (bicyclic) bond motifs is 1. The Hall–Kier alpha value is -0.990. The molecule has 0 saturated heterocycles. The van der Waals surface area contributed by atoms with E-state index >= 15 is 0 Å². The van der Waals surface area contributed by atoms with E-state index in [-0.39, 0.29) is 6.04 Å². The maximum absolute atomic E-state index is 6.15. The van der Waals surface area contributed by atoms with Gasteiger partial charge in [-0.15, -0.1) is 0 Å². The molecule has 0 amide bonds. The summed E-state index contributed by atoms with van der Waals surface area (Å²) < 4.78 is 2.21. The van der Waals surface area contributed by atoms with Gasteiger partial charge in [0, 0.05) is 34.2 Å². The molecule has 2 aromatic rings. The summed E-state index contributed by atoms with van der Waals surface area (Å²) in [6.45, 7) is 5.03. The molecule has 1 aromatic heterocycles. The molecule has 15 heavy (non-hydrogen) atoms. The first-order chi connectivity index (χ1) is 7.15. The maximum atomic E-state index is 6.15. The third-order valence-corrected chi connectivity index (χ3v) is 3.04. The average molecular weight is 223 g/mol. The number of halogens is 1. The van der Waals surface area contributed by atoms with Gasteiger partial charge in [-0.2, -0.15) is 0 Å². The molecule has 0 fully saturated rings. The molecule has 1 heterocycles. The second kappa shape index (κ2) is 3.87. The molecule has 0 aliphatic carbocycles. The zero-order valence-electron chi connectivity index (χ0n) is 9.00. The monoisotopic (exact) mass is 222 g/mol. The van der Waals surface area contributed by atoms with Crippen molar-refractivity contribution in [3.8, 4) is 0 Å². The largest absolute Gasteiger partial charge is 0.343 e. The fourth-order valence-electron chi connectivity index (χ4n) is 2.00. The first-order valence-corrected chi connectivity index (χ1v) is 5.56. The third kappa shape index (κ3) is 1.64. The number of hydrogen-bond acceptors (Lipinski definition) is 1. The second-order valence-electron chi connectivity index (χ2n) is 3.77. The molecule has 0 aliphatic rings. The van der Waals surface area contributed by atoms with Crippen molar-refractivity contribution in [2.24, 2.45) is 5.73 Å². The van der Waals surface area contributed by atoms with Crippen molar-refractivity contribution in [2.45, 2.75) is 26.4 Å². The lowest BCUT2D eigenvalue weighted by atomic mass is 10.2. The predicted octanol–water partition coefficient (Wildman–Crippen LogP) is 3.33. The number of hydrogen-bond donors (Lipinski definition) is 1. The van der Waals surface area contributed by atoms with Crippen LogP contribution in [0.1, 0.15) is 25.6 Å². The fraction of sp³-hybridized carbons (Fsp3) is 0.333. The Labute approximate surface area is 94.6 Å². The lowest BCUT2D eigenvalue weighted by Gasteiger charge is -2.10. The Bertz CT molecular complexity index is 486. The number of nitrogens with two attached hydrogens (primary N) is 1. The van der Waals surface area contributed by atoms with Gasteiger partial charge in [0.1, 0.15) is 0 Å². The Kier molecular flexibility index (Phi) is 2.72. The van der Waals surface area contributed by atoms with Crippen molar-refractivity contribution in [1.29, 1.82) is 0 Å². The standard InChI is InChI=1S/C12H15ClN2/c1-3-15-11-6-4-5-10(13)9(11)7-12(15)8(2)14/h4-8H,3,14H2,1-2H3. The summed E-state index contributed by atoms with van der Waals surface area (Å²) in [5, 5.41) is 1.88. The van der Waals surface area contributed by atoms with Gasteiger partial charge in [0.05, 0.1) is 0 Å². The molecule has 0 spiro atoms. The highest BCUT2D eigenvalue weighted by Crippen LogP contribution is 2.28. The maximum Gasteiger partial charge on any atom is 0.0499 e. The molecule has 0 bridgehead atoms. The minimum atomic E-state index is 0.0356.